The molecule has 0 aliphatic heterocycles. The van der Waals surface area contributed by atoms with Gasteiger partial charge in [0.15, 0.2) is 10.9 Å². The summed E-state index contributed by atoms with van der Waals surface area (Å²) < 4.78 is 0. The maximum Gasteiger partial charge on any atom is 0.228 e. The number of hydrogen-bond acceptors (Lipinski definition) is 4. The van der Waals surface area contributed by atoms with Crippen molar-refractivity contribution in [2.75, 3.05) is 5.32 Å². The Kier molecular flexibility index (Phi) is 4.81. The molecule has 1 rings (SSSR count). The van der Waals surface area contributed by atoms with Gasteiger partial charge in [-0.25, -0.2) is 4.98 Å². The van der Waals surface area contributed by atoms with Gasteiger partial charge in [-0.2, -0.15) is 0 Å². The Balaban J connectivity index is 2.65. The summed E-state index contributed by atoms with van der Waals surface area (Å²) in [4.78, 5) is 27.3. The highest BCUT2D eigenvalue weighted by Gasteiger charge is 2.14. The number of amides is 1. The lowest BCUT2D eigenvalue weighted by molar-refractivity contribution is -0.118. The highest BCUT2D eigenvalue weighted by molar-refractivity contribution is 7.14. The molecule has 1 aromatic rings. The summed E-state index contributed by atoms with van der Waals surface area (Å²) in [6.07, 6.45) is 0.487. The molecule has 4 nitrogen and oxygen atoms in total. The maximum absolute atomic E-state index is 11.7. The molecule has 1 aromatic heterocycles. The normalized spacial score (nSPS) is 10.9. The first-order valence-corrected chi connectivity index (χ1v) is 6.57. The Morgan fingerprint density at radius 2 is 2.00 bits per heavy atom. The topological polar surface area (TPSA) is 59.1 Å². The molecule has 0 radical (unpaired) electrons. The second-order valence-corrected chi connectivity index (χ2v) is 5.56. The second-order valence-electron chi connectivity index (χ2n) is 4.70. The van der Waals surface area contributed by atoms with Crippen LogP contribution in [0.4, 0.5) is 5.13 Å². The smallest absolute Gasteiger partial charge is 0.228 e. The lowest BCUT2D eigenvalue weighted by Gasteiger charge is -2.03. The van der Waals surface area contributed by atoms with Crippen LogP contribution in [-0.2, 0) is 4.79 Å². The minimum Gasteiger partial charge on any atom is -0.302 e. The molecule has 1 heterocycles. The van der Waals surface area contributed by atoms with E-state index in [0.29, 0.717) is 23.2 Å². The van der Waals surface area contributed by atoms with E-state index in [2.05, 4.69) is 10.3 Å². The van der Waals surface area contributed by atoms with Crippen LogP contribution in [0.3, 0.4) is 0 Å². The molecule has 0 saturated carbocycles. The Bertz CT molecular complexity index is 410. The van der Waals surface area contributed by atoms with Crippen LogP contribution in [0.15, 0.2) is 5.38 Å². The number of nitrogens with one attached hydrogen (secondary N) is 1. The standard InChI is InChI=1S/C12H18N2O2S/c1-7(2)5-10(15)9-6-17-12(13-9)14-11(16)8(3)4/h6-8H,5H2,1-4H3,(H,13,14,16). The zero-order valence-corrected chi connectivity index (χ0v) is 11.4. The second kappa shape index (κ2) is 5.91. The molecule has 1 amide bonds. The predicted octanol–water partition coefficient (Wildman–Crippen LogP) is 2.97. The fourth-order valence-electron chi connectivity index (χ4n) is 1.18. The molecule has 1 N–H and O–H groups in total. The lowest BCUT2D eigenvalue weighted by Crippen LogP contribution is -2.17. The molecule has 17 heavy (non-hydrogen) atoms. The highest BCUT2D eigenvalue weighted by atomic mass is 32.1. The van der Waals surface area contributed by atoms with E-state index >= 15 is 0 Å². The van der Waals surface area contributed by atoms with Crippen LogP contribution in [0.25, 0.3) is 0 Å². The first kappa shape index (κ1) is 13.8. The molecule has 0 fully saturated rings. The summed E-state index contributed by atoms with van der Waals surface area (Å²) in [5.74, 6) is 0.176. The first-order valence-electron chi connectivity index (χ1n) is 5.69. The lowest BCUT2D eigenvalue weighted by atomic mass is 10.1. The third-order valence-corrected chi connectivity index (χ3v) is 2.90. The number of ketones is 1. The van der Waals surface area contributed by atoms with Gasteiger partial charge in [0.2, 0.25) is 5.91 Å². The average molecular weight is 254 g/mol. The molecule has 0 unspecified atom stereocenters. The van der Waals surface area contributed by atoms with Crippen molar-refractivity contribution in [1.29, 1.82) is 0 Å². The largest absolute Gasteiger partial charge is 0.302 e. The van der Waals surface area contributed by atoms with Gasteiger partial charge in [0.05, 0.1) is 0 Å². The van der Waals surface area contributed by atoms with Crippen molar-refractivity contribution in [3.05, 3.63) is 11.1 Å². The van der Waals surface area contributed by atoms with Gasteiger partial charge in [0.1, 0.15) is 5.69 Å². The van der Waals surface area contributed by atoms with Crippen molar-refractivity contribution in [2.45, 2.75) is 34.1 Å². The number of Topliss-reactive ketones (excluding diaryl/α,β-unsaturated/α-hetero) is 1. The number of thiazole rings is 1. The van der Waals surface area contributed by atoms with Crippen molar-refractivity contribution in [2.24, 2.45) is 11.8 Å². The molecule has 0 atom stereocenters. The van der Waals surface area contributed by atoms with Gasteiger partial charge >= 0.3 is 0 Å². The molecule has 5 heteroatoms. The summed E-state index contributed by atoms with van der Waals surface area (Å²) in [6, 6.07) is 0. The van der Waals surface area contributed by atoms with Crippen molar-refractivity contribution in [1.82, 2.24) is 4.98 Å². The van der Waals surface area contributed by atoms with Crippen LogP contribution in [-0.4, -0.2) is 16.7 Å². The van der Waals surface area contributed by atoms with Crippen molar-refractivity contribution >= 4 is 28.2 Å². The quantitative estimate of drug-likeness (QED) is 0.822. The number of carbonyl (C=O) groups excluding carboxylic acids is 2. The monoisotopic (exact) mass is 254 g/mol. The maximum atomic E-state index is 11.7. The van der Waals surface area contributed by atoms with E-state index in [1.165, 1.54) is 11.3 Å². The zero-order chi connectivity index (χ0) is 13.0. The SMILES string of the molecule is CC(C)CC(=O)c1csc(NC(=O)C(C)C)n1. The Morgan fingerprint density at radius 3 is 2.53 bits per heavy atom. The van der Waals surface area contributed by atoms with E-state index in [1.54, 1.807) is 5.38 Å². The molecule has 0 aliphatic rings. The van der Waals surface area contributed by atoms with Gasteiger partial charge in [0.25, 0.3) is 0 Å². The number of rotatable bonds is 5. The zero-order valence-electron chi connectivity index (χ0n) is 10.6. The molecular weight excluding hydrogens is 236 g/mol. The number of anilines is 1. The van der Waals surface area contributed by atoms with Gasteiger partial charge < -0.3 is 5.32 Å². The van der Waals surface area contributed by atoms with E-state index < -0.39 is 0 Å². The van der Waals surface area contributed by atoms with Gasteiger partial charge in [-0.3, -0.25) is 9.59 Å². The van der Waals surface area contributed by atoms with Crippen LogP contribution >= 0.6 is 11.3 Å². The third-order valence-electron chi connectivity index (χ3n) is 2.14. The first-order chi connectivity index (χ1) is 7.90. The van der Waals surface area contributed by atoms with Crippen LogP contribution < -0.4 is 5.32 Å². The van der Waals surface area contributed by atoms with E-state index in [-0.39, 0.29) is 17.6 Å². The Hall–Kier alpha value is -1.23. The Labute approximate surface area is 105 Å². The van der Waals surface area contributed by atoms with E-state index in [1.807, 2.05) is 27.7 Å². The van der Waals surface area contributed by atoms with Crippen molar-refractivity contribution in [3.8, 4) is 0 Å². The fourth-order valence-corrected chi connectivity index (χ4v) is 1.90. The Morgan fingerprint density at radius 1 is 1.35 bits per heavy atom. The number of nitrogens with zero attached hydrogens (tertiary/aromatic N) is 1. The summed E-state index contributed by atoms with van der Waals surface area (Å²) in [6.45, 7) is 7.61. The molecule has 0 aliphatic carbocycles. The highest BCUT2D eigenvalue weighted by Crippen LogP contribution is 2.18. The van der Waals surface area contributed by atoms with Gasteiger partial charge in [-0.15, -0.1) is 11.3 Å². The van der Waals surface area contributed by atoms with Gasteiger partial charge in [0, 0.05) is 17.7 Å². The van der Waals surface area contributed by atoms with Crippen LogP contribution in [0.2, 0.25) is 0 Å². The summed E-state index contributed by atoms with van der Waals surface area (Å²) in [7, 11) is 0. The van der Waals surface area contributed by atoms with Crippen molar-refractivity contribution in [3.63, 3.8) is 0 Å². The predicted molar refractivity (Wildman–Crippen MR) is 69.4 cm³/mol. The van der Waals surface area contributed by atoms with Crippen molar-refractivity contribution < 1.29 is 9.59 Å². The number of hydrogen-bond donors (Lipinski definition) is 1. The van der Waals surface area contributed by atoms with Crippen LogP contribution in [0.1, 0.15) is 44.6 Å². The molecular formula is C12H18N2O2S. The third kappa shape index (κ3) is 4.26. The minimum atomic E-state index is -0.0892. The van der Waals surface area contributed by atoms with Gasteiger partial charge in [-0.05, 0) is 5.92 Å². The molecule has 0 spiro atoms. The van der Waals surface area contributed by atoms with Gasteiger partial charge in [-0.1, -0.05) is 27.7 Å². The van der Waals surface area contributed by atoms with Crippen LogP contribution in [0.5, 0.6) is 0 Å². The fraction of sp³-hybridized carbons (Fsp3) is 0.583. The number of aromatic nitrogens is 1. The van der Waals surface area contributed by atoms with Crippen LogP contribution in [0, 0.1) is 11.8 Å². The summed E-state index contributed by atoms with van der Waals surface area (Å²) in [5, 5.41) is 4.88. The molecule has 0 aromatic carbocycles. The molecule has 0 bridgehead atoms. The number of carbonyl (C=O) groups is 2. The molecule has 94 valence electrons. The molecule has 0 saturated heterocycles. The average Bonchev–Trinajstić information content (AvgIpc) is 2.65. The summed E-state index contributed by atoms with van der Waals surface area (Å²) in [5.41, 5.74) is 0.447. The summed E-state index contributed by atoms with van der Waals surface area (Å²) >= 11 is 1.29. The van der Waals surface area contributed by atoms with E-state index in [9.17, 15) is 9.59 Å². The minimum absolute atomic E-state index is 0.0290. The van der Waals surface area contributed by atoms with E-state index in [0.717, 1.165) is 0 Å². The van der Waals surface area contributed by atoms with E-state index in [4.69, 9.17) is 0 Å².